The van der Waals surface area contributed by atoms with Crippen molar-refractivity contribution in [3.63, 3.8) is 0 Å². The highest BCUT2D eigenvalue weighted by Crippen LogP contribution is 2.21. The molecular formula is C21H25N9O2. The van der Waals surface area contributed by atoms with Gasteiger partial charge in [0.2, 0.25) is 5.82 Å². The molecular weight excluding hydrogens is 410 g/mol. The molecule has 11 heteroatoms. The van der Waals surface area contributed by atoms with Gasteiger partial charge in [-0.2, -0.15) is 0 Å². The van der Waals surface area contributed by atoms with Crippen LogP contribution in [-0.4, -0.2) is 72.6 Å². The van der Waals surface area contributed by atoms with Crippen LogP contribution in [0.15, 0.2) is 30.5 Å². The van der Waals surface area contributed by atoms with Crippen molar-refractivity contribution in [2.45, 2.75) is 32.9 Å². The quantitative estimate of drug-likeness (QED) is 0.665. The van der Waals surface area contributed by atoms with E-state index in [4.69, 9.17) is 0 Å². The number of carbonyl (C=O) groups excluding carboxylic acids is 2. The third kappa shape index (κ3) is 4.27. The van der Waals surface area contributed by atoms with Crippen molar-refractivity contribution in [2.75, 3.05) is 26.0 Å². The zero-order chi connectivity index (χ0) is 22.8. The number of carbonyl (C=O) groups is 2. The van der Waals surface area contributed by atoms with Gasteiger partial charge in [-0.25, -0.2) is 14.5 Å². The number of rotatable bonds is 4. The van der Waals surface area contributed by atoms with Crippen LogP contribution in [-0.2, 0) is 13.0 Å². The van der Waals surface area contributed by atoms with Crippen LogP contribution >= 0.6 is 0 Å². The third-order valence-corrected chi connectivity index (χ3v) is 5.18. The minimum absolute atomic E-state index is 0.0526. The predicted molar refractivity (Wildman–Crippen MR) is 117 cm³/mol. The van der Waals surface area contributed by atoms with E-state index in [0.29, 0.717) is 36.8 Å². The maximum absolute atomic E-state index is 12.8. The van der Waals surface area contributed by atoms with Gasteiger partial charge in [0.1, 0.15) is 17.2 Å². The molecule has 0 saturated carbocycles. The number of amides is 3. The van der Waals surface area contributed by atoms with Crippen molar-refractivity contribution < 1.29 is 9.59 Å². The van der Waals surface area contributed by atoms with Crippen molar-refractivity contribution in [2.24, 2.45) is 0 Å². The Labute approximate surface area is 185 Å². The van der Waals surface area contributed by atoms with Gasteiger partial charge in [-0.1, -0.05) is 6.07 Å². The molecule has 0 spiro atoms. The number of hydrogen-bond acceptors (Lipinski definition) is 7. The molecule has 1 aliphatic rings. The number of anilines is 1. The topological polar surface area (TPSA) is 122 Å². The van der Waals surface area contributed by atoms with E-state index >= 15 is 0 Å². The number of tetrazole rings is 1. The van der Waals surface area contributed by atoms with Crippen LogP contribution in [0.2, 0.25) is 0 Å². The fourth-order valence-electron chi connectivity index (χ4n) is 3.53. The normalized spacial score (nSPS) is 13.1. The minimum atomic E-state index is -0.378. The summed E-state index contributed by atoms with van der Waals surface area (Å²) in [5.41, 5.74) is 2.79. The molecule has 0 saturated heterocycles. The standard InChI is InChI=1S/C21H25N9O2/c1-13(2)30-19(25-26-27-30)16-6-5-7-18(23-16)24-20(31)17-10-15-12-29(21(32)28(3)4)9-8-14(15)11-22-17/h5-7,10-11,13H,8-9,12H2,1-4H3,(H,23,24,31). The molecule has 0 aliphatic carbocycles. The van der Waals surface area contributed by atoms with Crippen molar-refractivity contribution in [3.8, 4) is 11.5 Å². The van der Waals surface area contributed by atoms with Gasteiger partial charge in [0.25, 0.3) is 5.91 Å². The maximum Gasteiger partial charge on any atom is 0.319 e. The van der Waals surface area contributed by atoms with Gasteiger partial charge in [-0.15, -0.1) is 5.10 Å². The SMILES string of the molecule is CC(C)n1nnnc1-c1cccc(NC(=O)c2cc3c(cn2)CCN(C(=O)N(C)C)C3)n1. The highest BCUT2D eigenvalue weighted by Gasteiger charge is 2.23. The number of urea groups is 1. The van der Waals surface area contributed by atoms with Crippen LogP contribution in [0.25, 0.3) is 11.5 Å². The molecule has 11 nitrogen and oxygen atoms in total. The Morgan fingerprint density at radius 1 is 1.19 bits per heavy atom. The zero-order valence-corrected chi connectivity index (χ0v) is 18.5. The van der Waals surface area contributed by atoms with Crippen LogP contribution in [0.5, 0.6) is 0 Å². The van der Waals surface area contributed by atoms with Gasteiger partial charge >= 0.3 is 6.03 Å². The zero-order valence-electron chi connectivity index (χ0n) is 18.5. The highest BCUT2D eigenvalue weighted by molar-refractivity contribution is 6.02. The molecule has 4 rings (SSSR count). The number of aromatic nitrogens is 6. The fraction of sp³-hybridized carbons (Fsp3) is 0.381. The van der Waals surface area contributed by atoms with Crippen LogP contribution in [0.1, 0.15) is 41.5 Å². The summed E-state index contributed by atoms with van der Waals surface area (Å²) in [5, 5.41) is 14.5. The first-order chi connectivity index (χ1) is 15.3. The minimum Gasteiger partial charge on any atom is -0.331 e. The first-order valence-corrected chi connectivity index (χ1v) is 10.3. The van der Waals surface area contributed by atoms with Crippen LogP contribution in [0.3, 0.4) is 0 Å². The summed E-state index contributed by atoms with van der Waals surface area (Å²) in [6.45, 7) is 5.02. The predicted octanol–water partition coefficient (Wildman–Crippen LogP) is 2.00. The lowest BCUT2D eigenvalue weighted by Crippen LogP contribution is -2.42. The second-order valence-electron chi connectivity index (χ2n) is 8.09. The lowest BCUT2D eigenvalue weighted by Gasteiger charge is -2.31. The van der Waals surface area contributed by atoms with Gasteiger partial charge < -0.3 is 15.1 Å². The molecule has 0 aromatic carbocycles. The summed E-state index contributed by atoms with van der Waals surface area (Å²) in [7, 11) is 3.45. The first kappa shape index (κ1) is 21.3. The number of nitrogens with one attached hydrogen (secondary N) is 1. The van der Waals surface area contributed by atoms with Gasteiger partial charge in [0.15, 0.2) is 0 Å². The second-order valence-corrected chi connectivity index (χ2v) is 8.09. The molecule has 3 amide bonds. The van der Waals surface area contributed by atoms with E-state index in [2.05, 4.69) is 30.8 Å². The Bertz CT molecular complexity index is 1160. The maximum atomic E-state index is 12.8. The largest absolute Gasteiger partial charge is 0.331 e. The smallest absolute Gasteiger partial charge is 0.319 e. The van der Waals surface area contributed by atoms with E-state index in [1.54, 1.807) is 59.0 Å². The fourth-order valence-corrected chi connectivity index (χ4v) is 3.53. The van der Waals surface area contributed by atoms with Gasteiger partial charge in [-0.05, 0) is 60.0 Å². The Balaban J connectivity index is 1.52. The Hall–Kier alpha value is -3.89. The van der Waals surface area contributed by atoms with E-state index < -0.39 is 0 Å². The molecule has 4 heterocycles. The van der Waals surface area contributed by atoms with Gasteiger partial charge in [0.05, 0.1) is 6.04 Å². The number of hydrogen-bond donors (Lipinski definition) is 1. The Morgan fingerprint density at radius 2 is 2.00 bits per heavy atom. The van der Waals surface area contributed by atoms with Crippen LogP contribution in [0.4, 0.5) is 10.6 Å². The molecule has 32 heavy (non-hydrogen) atoms. The van der Waals surface area contributed by atoms with E-state index in [-0.39, 0.29) is 23.7 Å². The van der Waals surface area contributed by atoms with Crippen molar-refractivity contribution in [1.29, 1.82) is 0 Å². The monoisotopic (exact) mass is 435 g/mol. The second kappa shape index (κ2) is 8.69. The number of pyridine rings is 2. The summed E-state index contributed by atoms with van der Waals surface area (Å²) >= 11 is 0. The number of nitrogens with zero attached hydrogens (tertiary/aromatic N) is 8. The third-order valence-electron chi connectivity index (χ3n) is 5.18. The lowest BCUT2D eigenvalue weighted by atomic mass is 10.0. The molecule has 3 aromatic heterocycles. The molecule has 3 aromatic rings. The summed E-state index contributed by atoms with van der Waals surface area (Å²) < 4.78 is 1.67. The molecule has 166 valence electrons. The van der Waals surface area contributed by atoms with E-state index in [1.165, 1.54) is 0 Å². The summed E-state index contributed by atoms with van der Waals surface area (Å²) in [6.07, 6.45) is 2.42. The van der Waals surface area contributed by atoms with Gasteiger partial charge in [-0.3, -0.25) is 9.78 Å². The van der Waals surface area contributed by atoms with Gasteiger partial charge in [0, 0.05) is 33.4 Å². The molecule has 0 fully saturated rings. The summed E-state index contributed by atoms with van der Waals surface area (Å²) in [5.74, 6) is 0.514. The van der Waals surface area contributed by atoms with Crippen molar-refractivity contribution in [3.05, 3.63) is 47.3 Å². The lowest BCUT2D eigenvalue weighted by molar-refractivity contribution is 0.102. The average Bonchev–Trinajstić information content (AvgIpc) is 3.28. The van der Waals surface area contributed by atoms with E-state index in [9.17, 15) is 9.59 Å². The Morgan fingerprint density at radius 3 is 2.75 bits per heavy atom. The van der Waals surface area contributed by atoms with E-state index in [1.807, 2.05) is 13.8 Å². The molecule has 1 N–H and O–H groups in total. The first-order valence-electron chi connectivity index (χ1n) is 10.3. The molecule has 0 atom stereocenters. The average molecular weight is 435 g/mol. The molecule has 0 bridgehead atoms. The van der Waals surface area contributed by atoms with E-state index in [0.717, 1.165) is 11.1 Å². The Kier molecular flexibility index (Phi) is 5.80. The molecule has 1 aliphatic heterocycles. The summed E-state index contributed by atoms with van der Waals surface area (Å²) in [4.78, 5) is 37.2. The van der Waals surface area contributed by atoms with Crippen molar-refractivity contribution in [1.82, 2.24) is 40.0 Å². The van der Waals surface area contributed by atoms with Crippen molar-refractivity contribution >= 4 is 17.8 Å². The highest BCUT2D eigenvalue weighted by atomic mass is 16.2. The molecule has 0 unspecified atom stereocenters. The number of fused-ring (bicyclic) bond motifs is 1. The van der Waals surface area contributed by atoms with Crippen LogP contribution in [0, 0.1) is 0 Å². The summed E-state index contributed by atoms with van der Waals surface area (Å²) in [6, 6.07) is 7.02. The molecule has 0 radical (unpaired) electrons. The van der Waals surface area contributed by atoms with Crippen LogP contribution < -0.4 is 5.32 Å².